The van der Waals surface area contributed by atoms with Crippen LogP contribution in [0.25, 0.3) is 0 Å². The van der Waals surface area contributed by atoms with E-state index in [0.717, 1.165) is 0 Å². The molecule has 0 aromatic carbocycles. The SMILES string of the molecule is COS(=O)(=S)CCCO. The van der Waals surface area contributed by atoms with Crippen LogP contribution in [-0.4, -0.2) is 28.8 Å². The van der Waals surface area contributed by atoms with Crippen LogP contribution in [0.15, 0.2) is 0 Å². The van der Waals surface area contributed by atoms with Crippen molar-refractivity contribution >= 4 is 20.0 Å². The fourth-order valence-corrected chi connectivity index (χ4v) is 1.33. The Morgan fingerprint density at radius 3 is 2.67 bits per heavy atom. The van der Waals surface area contributed by atoms with Crippen molar-refractivity contribution < 1.29 is 13.5 Å². The monoisotopic (exact) mass is 170 g/mol. The maximum absolute atomic E-state index is 10.8. The van der Waals surface area contributed by atoms with Gasteiger partial charge in [0, 0.05) is 17.8 Å². The van der Waals surface area contributed by atoms with Crippen molar-refractivity contribution in [3.05, 3.63) is 0 Å². The lowest BCUT2D eigenvalue weighted by Crippen LogP contribution is -2.07. The highest BCUT2D eigenvalue weighted by Crippen LogP contribution is 1.93. The molecule has 0 fully saturated rings. The molecule has 0 heterocycles. The topological polar surface area (TPSA) is 46.5 Å². The summed E-state index contributed by atoms with van der Waals surface area (Å²) < 4.78 is 15.3. The van der Waals surface area contributed by atoms with E-state index in [0.29, 0.717) is 6.42 Å². The molecule has 1 unspecified atom stereocenters. The Hall–Kier alpha value is 0.290. The van der Waals surface area contributed by atoms with Gasteiger partial charge in [-0.05, 0) is 6.42 Å². The van der Waals surface area contributed by atoms with E-state index in [1.54, 1.807) is 0 Å². The fourth-order valence-electron chi connectivity index (χ4n) is 0.325. The van der Waals surface area contributed by atoms with Crippen LogP contribution < -0.4 is 0 Å². The molecular formula is C4H10O3S2. The fraction of sp³-hybridized carbons (Fsp3) is 1.00. The summed E-state index contributed by atoms with van der Waals surface area (Å²) in [6.07, 6.45) is 0.441. The number of hydrogen-bond donors (Lipinski definition) is 1. The third kappa shape index (κ3) is 4.77. The van der Waals surface area contributed by atoms with Gasteiger partial charge in [0.1, 0.15) is 8.77 Å². The molecule has 0 bridgehead atoms. The Morgan fingerprint density at radius 2 is 2.33 bits per heavy atom. The third-order valence-electron chi connectivity index (χ3n) is 0.806. The summed E-state index contributed by atoms with van der Waals surface area (Å²) >= 11 is 4.50. The maximum Gasteiger partial charge on any atom is 0.143 e. The average molecular weight is 170 g/mol. The minimum Gasteiger partial charge on any atom is -0.396 e. The van der Waals surface area contributed by atoms with Gasteiger partial charge in [0.05, 0.1) is 12.9 Å². The standard InChI is InChI=1S/C4H10O3S2/c1-7-9(6,8)4-2-3-5/h5H,2-4H2,1H3. The van der Waals surface area contributed by atoms with Crippen molar-refractivity contribution in [3.8, 4) is 0 Å². The second kappa shape index (κ2) is 4.16. The van der Waals surface area contributed by atoms with Gasteiger partial charge in [0.25, 0.3) is 0 Å². The number of hydrogen-bond acceptors (Lipinski definition) is 4. The predicted molar refractivity (Wildman–Crippen MR) is 39.1 cm³/mol. The van der Waals surface area contributed by atoms with E-state index >= 15 is 0 Å². The van der Waals surface area contributed by atoms with Gasteiger partial charge in [-0.2, -0.15) is 0 Å². The van der Waals surface area contributed by atoms with Crippen molar-refractivity contribution in [1.29, 1.82) is 0 Å². The van der Waals surface area contributed by atoms with E-state index in [-0.39, 0.29) is 12.4 Å². The van der Waals surface area contributed by atoms with E-state index in [1.165, 1.54) is 7.11 Å². The predicted octanol–water partition coefficient (Wildman–Crippen LogP) is -0.323. The molecule has 9 heavy (non-hydrogen) atoms. The van der Waals surface area contributed by atoms with Gasteiger partial charge in [-0.1, -0.05) is 0 Å². The molecule has 0 amide bonds. The van der Waals surface area contributed by atoms with Crippen molar-refractivity contribution in [2.75, 3.05) is 19.5 Å². The summed E-state index contributed by atoms with van der Waals surface area (Å²) in [5.41, 5.74) is 0. The summed E-state index contributed by atoms with van der Waals surface area (Å²) in [5, 5.41) is 8.30. The maximum atomic E-state index is 10.8. The molecule has 0 saturated carbocycles. The van der Waals surface area contributed by atoms with Crippen LogP contribution in [0.2, 0.25) is 0 Å². The molecule has 0 saturated heterocycles. The van der Waals surface area contributed by atoms with Crippen molar-refractivity contribution in [2.24, 2.45) is 0 Å². The molecule has 1 atom stereocenters. The quantitative estimate of drug-likeness (QED) is 0.628. The van der Waals surface area contributed by atoms with Gasteiger partial charge in [-0.15, -0.1) is 0 Å². The van der Waals surface area contributed by atoms with E-state index < -0.39 is 8.77 Å². The van der Waals surface area contributed by atoms with Crippen molar-refractivity contribution in [1.82, 2.24) is 0 Å². The van der Waals surface area contributed by atoms with Crippen LogP contribution in [0.1, 0.15) is 6.42 Å². The van der Waals surface area contributed by atoms with Crippen molar-refractivity contribution in [3.63, 3.8) is 0 Å². The van der Waals surface area contributed by atoms with E-state index in [9.17, 15) is 4.21 Å². The van der Waals surface area contributed by atoms with Crippen LogP contribution in [0, 0.1) is 0 Å². The third-order valence-corrected chi connectivity index (χ3v) is 3.01. The van der Waals surface area contributed by atoms with Gasteiger partial charge in [0.2, 0.25) is 0 Å². The molecule has 3 nitrogen and oxygen atoms in total. The Labute approximate surface area is 59.9 Å². The Balaban J connectivity index is 3.61. The average Bonchev–Trinajstić information content (AvgIpc) is 1.84. The minimum atomic E-state index is -2.51. The zero-order valence-corrected chi connectivity index (χ0v) is 6.83. The lowest BCUT2D eigenvalue weighted by atomic mass is 10.5. The highest BCUT2D eigenvalue weighted by atomic mass is 32.8. The minimum absolute atomic E-state index is 0.0109. The molecule has 0 aliphatic heterocycles. The number of aliphatic hydroxyl groups is 1. The van der Waals surface area contributed by atoms with Gasteiger partial charge >= 0.3 is 0 Å². The smallest absolute Gasteiger partial charge is 0.143 e. The molecule has 0 aromatic heterocycles. The lowest BCUT2D eigenvalue weighted by Gasteiger charge is -2.00. The van der Waals surface area contributed by atoms with E-state index in [4.69, 9.17) is 5.11 Å². The zero-order chi connectivity index (χ0) is 7.33. The summed E-state index contributed by atoms with van der Waals surface area (Å²) in [6, 6.07) is 0. The molecule has 0 aliphatic rings. The largest absolute Gasteiger partial charge is 0.396 e. The lowest BCUT2D eigenvalue weighted by molar-refractivity contribution is 0.294. The van der Waals surface area contributed by atoms with Gasteiger partial charge < -0.3 is 5.11 Å². The Morgan fingerprint density at radius 1 is 1.78 bits per heavy atom. The summed E-state index contributed by atoms with van der Waals surface area (Å²) in [4.78, 5) is 0. The molecule has 0 aromatic rings. The highest BCUT2D eigenvalue weighted by Gasteiger charge is 2.01. The second-order valence-electron chi connectivity index (χ2n) is 1.51. The molecule has 56 valence electrons. The van der Waals surface area contributed by atoms with E-state index in [1.807, 2.05) is 0 Å². The van der Waals surface area contributed by atoms with Gasteiger partial charge in [-0.3, -0.25) is 4.18 Å². The zero-order valence-electron chi connectivity index (χ0n) is 5.20. The molecule has 0 rings (SSSR count). The number of rotatable bonds is 4. The van der Waals surface area contributed by atoms with Crippen LogP contribution in [0.4, 0.5) is 0 Å². The van der Waals surface area contributed by atoms with Gasteiger partial charge in [0.15, 0.2) is 0 Å². The first-order valence-corrected chi connectivity index (χ1v) is 5.09. The van der Waals surface area contributed by atoms with Crippen LogP contribution in [0.5, 0.6) is 0 Å². The summed E-state index contributed by atoms with van der Waals surface area (Å²) in [5.74, 6) is 0.259. The second-order valence-corrected chi connectivity index (χ2v) is 4.89. The first-order chi connectivity index (χ1) is 4.12. The molecule has 1 N–H and O–H groups in total. The van der Waals surface area contributed by atoms with Crippen LogP contribution in [0.3, 0.4) is 0 Å². The van der Waals surface area contributed by atoms with Crippen LogP contribution in [-0.2, 0) is 24.1 Å². The highest BCUT2D eigenvalue weighted by molar-refractivity contribution is 8.30. The Bertz CT molecular complexity index is 149. The normalized spacial score (nSPS) is 17.1. The number of aliphatic hydroxyl groups excluding tert-OH is 1. The molecule has 0 aliphatic carbocycles. The Kier molecular flexibility index (Phi) is 4.29. The molecule has 0 radical (unpaired) electrons. The van der Waals surface area contributed by atoms with Gasteiger partial charge in [-0.25, -0.2) is 4.21 Å². The molecule has 0 spiro atoms. The summed E-state index contributed by atoms with van der Waals surface area (Å²) in [7, 11) is -1.20. The van der Waals surface area contributed by atoms with Crippen LogP contribution >= 0.6 is 0 Å². The summed E-state index contributed by atoms with van der Waals surface area (Å²) in [6.45, 7) is 0.0109. The van der Waals surface area contributed by atoms with Crippen molar-refractivity contribution in [2.45, 2.75) is 6.42 Å². The first kappa shape index (κ1) is 9.29. The first-order valence-electron chi connectivity index (χ1n) is 2.51. The molecule has 5 heteroatoms. The molecular weight excluding hydrogens is 160 g/mol. The van der Waals surface area contributed by atoms with E-state index in [2.05, 4.69) is 15.4 Å².